The zero-order chi connectivity index (χ0) is 15.6. The van der Waals surface area contributed by atoms with Crippen LogP contribution in [0.3, 0.4) is 0 Å². The van der Waals surface area contributed by atoms with E-state index in [1.165, 1.54) is 0 Å². The molecule has 1 aromatic carbocycles. The van der Waals surface area contributed by atoms with Gasteiger partial charge in [0.2, 0.25) is 5.91 Å². The molecule has 2 unspecified atom stereocenters. The number of nitrogens with zero attached hydrogens (tertiary/aromatic N) is 1. The molecule has 1 aliphatic rings. The first kappa shape index (κ1) is 19.2. The van der Waals surface area contributed by atoms with Crippen molar-refractivity contribution in [2.75, 3.05) is 18.4 Å². The molecule has 0 aliphatic carbocycles. The van der Waals surface area contributed by atoms with E-state index in [9.17, 15) is 4.79 Å². The normalized spacial score (nSPS) is 22.5. The summed E-state index contributed by atoms with van der Waals surface area (Å²) < 4.78 is 0. The topological polar surface area (TPSA) is 58.4 Å². The fourth-order valence-corrected chi connectivity index (χ4v) is 2.89. The Kier molecular flexibility index (Phi) is 6.68. The van der Waals surface area contributed by atoms with Gasteiger partial charge in [0.1, 0.15) is 0 Å². The van der Waals surface area contributed by atoms with Crippen LogP contribution in [-0.4, -0.2) is 36.0 Å². The summed E-state index contributed by atoms with van der Waals surface area (Å²) in [5.41, 5.74) is 6.83. The van der Waals surface area contributed by atoms with E-state index in [4.69, 9.17) is 17.3 Å². The second kappa shape index (κ2) is 7.64. The highest BCUT2D eigenvalue weighted by molar-refractivity contribution is 6.33. The number of amides is 1. The maximum Gasteiger partial charge on any atom is 0.241 e. The maximum atomic E-state index is 12.4. The van der Waals surface area contributed by atoms with Crippen LogP contribution in [0.2, 0.25) is 5.02 Å². The van der Waals surface area contributed by atoms with Gasteiger partial charge in [-0.3, -0.25) is 9.69 Å². The monoisotopic (exact) mass is 345 g/mol. The molecular formula is C16H25Cl2N3O. The number of hydrogen-bond donors (Lipinski definition) is 2. The lowest BCUT2D eigenvalue weighted by Gasteiger charge is -2.44. The standard InChI is InChI=1S/C16H24ClN3O.ClH/c1-11(20-9-8-14(18)16(2,3)10-20)15(21)19-13-7-5-4-6-12(13)17;/h4-7,11,14H,8-10,18H2,1-3H3,(H,19,21);1H. The molecule has 1 aromatic rings. The van der Waals surface area contributed by atoms with E-state index < -0.39 is 0 Å². The fourth-order valence-electron chi connectivity index (χ4n) is 2.71. The van der Waals surface area contributed by atoms with Gasteiger partial charge in [0, 0.05) is 19.1 Å². The molecule has 0 bridgehead atoms. The molecule has 124 valence electrons. The molecule has 0 aromatic heterocycles. The number of rotatable bonds is 3. The molecule has 2 rings (SSSR count). The third-order valence-corrected chi connectivity index (χ3v) is 4.73. The van der Waals surface area contributed by atoms with E-state index in [1.54, 1.807) is 6.07 Å². The van der Waals surface area contributed by atoms with Crippen molar-refractivity contribution in [3.8, 4) is 0 Å². The minimum atomic E-state index is -0.201. The number of benzene rings is 1. The Hall–Kier alpha value is -0.810. The quantitative estimate of drug-likeness (QED) is 0.884. The molecule has 1 fully saturated rings. The third-order valence-electron chi connectivity index (χ3n) is 4.40. The van der Waals surface area contributed by atoms with Gasteiger partial charge in [0.25, 0.3) is 0 Å². The molecule has 4 nitrogen and oxygen atoms in total. The Morgan fingerprint density at radius 2 is 2.09 bits per heavy atom. The highest BCUT2D eigenvalue weighted by Crippen LogP contribution is 2.29. The van der Waals surface area contributed by atoms with Gasteiger partial charge in [0.05, 0.1) is 16.8 Å². The Labute approximate surface area is 143 Å². The predicted molar refractivity (Wildman–Crippen MR) is 94.7 cm³/mol. The van der Waals surface area contributed by atoms with Gasteiger partial charge in [0.15, 0.2) is 0 Å². The van der Waals surface area contributed by atoms with E-state index in [2.05, 4.69) is 24.1 Å². The largest absolute Gasteiger partial charge is 0.327 e. The average Bonchev–Trinajstić information content (AvgIpc) is 2.43. The first-order chi connectivity index (χ1) is 9.81. The first-order valence-electron chi connectivity index (χ1n) is 7.36. The summed E-state index contributed by atoms with van der Waals surface area (Å²) in [6.07, 6.45) is 0.913. The number of anilines is 1. The number of nitrogens with one attached hydrogen (secondary N) is 1. The number of piperidine rings is 1. The highest BCUT2D eigenvalue weighted by atomic mass is 35.5. The van der Waals surface area contributed by atoms with Gasteiger partial charge in [-0.05, 0) is 30.9 Å². The molecule has 0 spiro atoms. The number of nitrogens with two attached hydrogens (primary N) is 1. The Balaban J connectivity index is 0.00000242. The number of carbonyl (C=O) groups excluding carboxylic acids is 1. The summed E-state index contributed by atoms with van der Waals surface area (Å²) in [6.45, 7) is 7.91. The molecule has 1 amide bonds. The van der Waals surface area contributed by atoms with Crippen molar-refractivity contribution in [2.24, 2.45) is 11.1 Å². The van der Waals surface area contributed by atoms with Crippen molar-refractivity contribution in [2.45, 2.75) is 39.3 Å². The zero-order valence-corrected chi connectivity index (χ0v) is 14.9. The van der Waals surface area contributed by atoms with Crippen molar-refractivity contribution >= 4 is 35.6 Å². The van der Waals surface area contributed by atoms with Crippen LogP contribution in [0.25, 0.3) is 0 Å². The minimum absolute atomic E-state index is 0. The smallest absolute Gasteiger partial charge is 0.241 e. The molecule has 1 saturated heterocycles. The SMILES string of the molecule is CC(C(=O)Nc1ccccc1Cl)N1CCC(N)C(C)(C)C1.Cl. The van der Waals surface area contributed by atoms with Gasteiger partial charge in [-0.25, -0.2) is 0 Å². The molecule has 1 aliphatic heterocycles. The molecular weight excluding hydrogens is 321 g/mol. The van der Waals surface area contributed by atoms with Crippen LogP contribution in [0, 0.1) is 5.41 Å². The van der Waals surface area contributed by atoms with Crippen LogP contribution in [0.5, 0.6) is 0 Å². The van der Waals surface area contributed by atoms with Gasteiger partial charge in [-0.2, -0.15) is 0 Å². The third kappa shape index (κ3) is 4.35. The molecule has 22 heavy (non-hydrogen) atoms. The molecule has 0 radical (unpaired) electrons. The second-order valence-corrected chi connectivity index (χ2v) is 6.91. The zero-order valence-electron chi connectivity index (χ0n) is 13.3. The Morgan fingerprint density at radius 1 is 1.45 bits per heavy atom. The van der Waals surface area contributed by atoms with Gasteiger partial charge in [-0.15, -0.1) is 12.4 Å². The van der Waals surface area contributed by atoms with Crippen molar-refractivity contribution in [1.82, 2.24) is 4.90 Å². The first-order valence-corrected chi connectivity index (χ1v) is 7.74. The lowest BCUT2D eigenvalue weighted by atomic mass is 9.79. The number of para-hydroxylation sites is 1. The van der Waals surface area contributed by atoms with Crippen LogP contribution in [0.4, 0.5) is 5.69 Å². The predicted octanol–water partition coefficient (Wildman–Crippen LogP) is 3.15. The number of hydrogen-bond acceptors (Lipinski definition) is 3. The van der Waals surface area contributed by atoms with E-state index in [-0.39, 0.29) is 35.8 Å². The van der Waals surface area contributed by atoms with E-state index in [0.29, 0.717) is 10.7 Å². The number of halogens is 2. The molecule has 1 heterocycles. The van der Waals surface area contributed by atoms with Crippen molar-refractivity contribution in [3.05, 3.63) is 29.3 Å². The summed E-state index contributed by atoms with van der Waals surface area (Å²) >= 11 is 6.08. The number of likely N-dealkylation sites (tertiary alicyclic amines) is 1. The van der Waals surface area contributed by atoms with Crippen LogP contribution in [-0.2, 0) is 4.79 Å². The maximum absolute atomic E-state index is 12.4. The van der Waals surface area contributed by atoms with Crippen LogP contribution >= 0.6 is 24.0 Å². The highest BCUT2D eigenvalue weighted by Gasteiger charge is 2.36. The molecule has 0 saturated carbocycles. The molecule has 2 atom stereocenters. The van der Waals surface area contributed by atoms with Crippen LogP contribution < -0.4 is 11.1 Å². The van der Waals surface area contributed by atoms with Gasteiger partial charge in [-0.1, -0.05) is 37.6 Å². The van der Waals surface area contributed by atoms with Crippen molar-refractivity contribution in [1.29, 1.82) is 0 Å². The lowest BCUT2D eigenvalue weighted by molar-refractivity contribution is -0.122. The van der Waals surface area contributed by atoms with Crippen LogP contribution in [0.15, 0.2) is 24.3 Å². The lowest BCUT2D eigenvalue weighted by Crippen LogP contribution is -2.56. The van der Waals surface area contributed by atoms with E-state index in [1.807, 2.05) is 25.1 Å². The average molecular weight is 346 g/mol. The van der Waals surface area contributed by atoms with Crippen LogP contribution in [0.1, 0.15) is 27.2 Å². The fraction of sp³-hybridized carbons (Fsp3) is 0.562. The van der Waals surface area contributed by atoms with E-state index in [0.717, 1.165) is 19.5 Å². The summed E-state index contributed by atoms with van der Waals surface area (Å²) in [7, 11) is 0. The second-order valence-electron chi connectivity index (χ2n) is 6.50. The minimum Gasteiger partial charge on any atom is -0.327 e. The van der Waals surface area contributed by atoms with Gasteiger partial charge >= 0.3 is 0 Å². The Morgan fingerprint density at radius 3 is 2.68 bits per heavy atom. The van der Waals surface area contributed by atoms with Crippen molar-refractivity contribution in [3.63, 3.8) is 0 Å². The summed E-state index contributed by atoms with van der Waals surface area (Å²) in [4.78, 5) is 14.6. The van der Waals surface area contributed by atoms with E-state index >= 15 is 0 Å². The Bertz CT molecular complexity index is 522. The number of carbonyl (C=O) groups is 1. The molecule has 3 N–H and O–H groups in total. The summed E-state index contributed by atoms with van der Waals surface area (Å²) in [6, 6.07) is 7.26. The van der Waals surface area contributed by atoms with Crippen molar-refractivity contribution < 1.29 is 4.79 Å². The summed E-state index contributed by atoms with van der Waals surface area (Å²) in [5.74, 6) is -0.0330. The summed E-state index contributed by atoms with van der Waals surface area (Å²) in [5, 5.41) is 3.46. The molecule has 6 heteroatoms. The van der Waals surface area contributed by atoms with Gasteiger partial charge < -0.3 is 11.1 Å².